The molecular formula is C14H12F3NO2. The Hall–Kier alpha value is -2.24. The number of carbonyl (C=O) groups is 1. The standard InChI is InChI=1S/C14H12F3NO2/c15-14(16,17)9-20-13(19)18-8-11-6-3-5-10-4-1-2-7-12(10)11/h1-7H,8-9H2,(H,18,19). The second kappa shape index (κ2) is 5.81. The van der Waals surface area contributed by atoms with Gasteiger partial charge >= 0.3 is 12.3 Å². The van der Waals surface area contributed by atoms with E-state index in [0.29, 0.717) is 0 Å². The van der Waals surface area contributed by atoms with Crippen LogP contribution in [0.15, 0.2) is 42.5 Å². The minimum atomic E-state index is -4.52. The lowest BCUT2D eigenvalue weighted by Crippen LogP contribution is -2.28. The van der Waals surface area contributed by atoms with Gasteiger partial charge in [-0.25, -0.2) is 4.79 Å². The number of halogens is 3. The molecule has 0 aliphatic carbocycles. The molecule has 0 saturated heterocycles. The summed E-state index contributed by atoms with van der Waals surface area (Å²) in [5, 5.41) is 4.23. The molecule has 20 heavy (non-hydrogen) atoms. The van der Waals surface area contributed by atoms with Gasteiger partial charge in [0, 0.05) is 6.54 Å². The van der Waals surface area contributed by atoms with Crippen molar-refractivity contribution in [1.82, 2.24) is 5.32 Å². The Morgan fingerprint density at radius 2 is 1.80 bits per heavy atom. The zero-order valence-electron chi connectivity index (χ0n) is 10.4. The molecule has 0 fully saturated rings. The summed E-state index contributed by atoms with van der Waals surface area (Å²) >= 11 is 0. The van der Waals surface area contributed by atoms with Crippen LogP contribution in [0.2, 0.25) is 0 Å². The maximum absolute atomic E-state index is 11.9. The average molecular weight is 283 g/mol. The predicted molar refractivity (Wildman–Crippen MR) is 68.2 cm³/mol. The molecule has 0 aromatic heterocycles. The largest absolute Gasteiger partial charge is 0.440 e. The van der Waals surface area contributed by atoms with E-state index >= 15 is 0 Å². The van der Waals surface area contributed by atoms with Crippen LogP contribution in [-0.4, -0.2) is 18.9 Å². The van der Waals surface area contributed by atoms with Crippen molar-refractivity contribution in [2.45, 2.75) is 12.7 Å². The quantitative estimate of drug-likeness (QED) is 0.934. The van der Waals surface area contributed by atoms with E-state index < -0.39 is 18.9 Å². The number of alkyl carbamates (subject to hydrolysis) is 1. The van der Waals surface area contributed by atoms with Gasteiger partial charge in [0.25, 0.3) is 0 Å². The first kappa shape index (κ1) is 14.2. The van der Waals surface area contributed by atoms with E-state index in [9.17, 15) is 18.0 Å². The lowest BCUT2D eigenvalue weighted by atomic mass is 10.0. The lowest BCUT2D eigenvalue weighted by Gasteiger charge is -2.10. The summed E-state index contributed by atoms with van der Waals surface area (Å²) < 4.78 is 39.7. The molecular weight excluding hydrogens is 271 g/mol. The maximum Gasteiger partial charge on any atom is 0.422 e. The molecule has 106 valence electrons. The summed E-state index contributed by atoms with van der Waals surface area (Å²) in [6.45, 7) is -1.48. The highest BCUT2D eigenvalue weighted by atomic mass is 19.4. The van der Waals surface area contributed by atoms with E-state index in [1.165, 1.54) is 0 Å². The first-order chi connectivity index (χ1) is 9.46. The van der Waals surface area contributed by atoms with Gasteiger partial charge in [0.05, 0.1) is 0 Å². The summed E-state index contributed by atoms with van der Waals surface area (Å²) in [5.74, 6) is 0. The number of hydrogen-bond acceptors (Lipinski definition) is 2. The van der Waals surface area contributed by atoms with Crippen LogP contribution in [0.5, 0.6) is 0 Å². The summed E-state index contributed by atoms with van der Waals surface area (Å²) in [7, 11) is 0. The van der Waals surface area contributed by atoms with Crippen molar-refractivity contribution in [3.8, 4) is 0 Å². The van der Waals surface area contributed by atoms with E-state index in [1.54, 1.807) is 6.07 Å². The number of ether oxygens (including phenoxy) is 1. The number of amides is 1. The second-order valence-electron chi connectivity index (χ2n) is 4.18. The summed E-state index contributed by atoms with van der Waals surface area (Å²) in [6, 6.07) is 13.1. The SMILES string of the molecule is O=C(NCc1cccc2ccccc12)OCC(F)(F)F. The molecule has 0 saturated carbocycles. The molecule has 0 atom stereocenters. The van der Waals surface area contributed by atoms with Crippen molar-refractivity contribution in [1.29, 1.82) is 0 Å². The van der Waals surface area contributed by atoms with Gasteiger partial charge < -0.3 is 10.1 Å². The highest BCUT2D eigenvalue weighted by Crippen LogP contribution is 2.18. The Labute approximate surface area is 113 Å². The molecule has 0 heterocycles. The lowest BCUT2D eigenvalue weighted by molar-refractivity contribution is -0.160. The van der Waals surface area contributed by atoms with Crippen molar-refractivity contribution in [3.05, 3.63) is 48.0 Å². The molecule has 2 aromatic rings. The normalized spacial score (nSPS) is 11.3. The molecule has 0 aliphatic rings. The molecule has 2 rings (SSSR count). The molecule has 1 N–H and O–H groups in total. The van der Waals surface area contributed by atoms with Crippen LogP contribution in [0.1, 0.15) is 5.56 Å². The number of alkyl halides is 3. The maximum atomic E-state index is 11.9. The van der Waals surface area contributed by atoms with Gasteiger partial charge in [-0.3, -0.25) is 0 Å². The summed E-state index contributed by atoms with van der Waals surface area (Å²) in [6.07, 6.45) is -5.60. The molecule has 0 unspecified atom stereocenters. The van der Waals surface area contributed by atoms with E-state index in [1.807, 2.05) is 36.4 Å². The number of rotatable bonds is 3. The average Bonchev–Trinajstić information content (AvgIpc) is 2.42. The van der Waals surface area contributed by atoms with Gasteiger partial charge in [0.1, 0.15) is 0 Å². The number of nitrogens with one attached hydrogen (secondary N) is 1. The Balaban J connectivity index is 1.98. The number of carbonyl (C=O) groups excluding carboxylic acids is 1. The van der Waals surface area contributed by atoms with Crippen LogP contribution in [0.3, 0.4) is 0 Å². The summed E-state index contributed by atoms with van der Waals surface area (Å²) in [4.78, 5) is 11.2. The van der Waals surface area contributed by atoms with Crippen molar-refractivity contribution < 1.29 is 22.7 Å². The number of hydrogen-bond donors (Lipinski definition) is 1. The zero-order valence-corrected chi connectivity index (χ0v) is 10.4. The molecule has 0 spiro atoms. The highest BCUT2D eigenvalue weighted by molar-refractivity contribution is 5.85. The Morgan fingerprint density at radius 3 is 2.55 bits per heavy atom. The van der Waals surface area contributed by atoms with Crippen molar-refractivity contribution in [2.75, 3.05) is 6.61 Å². The smallest absolute Gasteiger partial charge is 0.422 e. The predicted octanol–water partition coefficient (Wildman–Crippen LogP) is 3.63. The van der Waals surface area contributed by atoms with Crippen LogP contribution >= 0.6 is 0 Å². The van der Waals surface area contributed by atoms with Gasteiger partial charge in [-0.1, -0.05) is 42.5 Å². The van der Waals surface area contributed by atoms with Gasteiger partial charge in [-0.15, -0.1) is 0 Å². The van der Waals surface area contributed by atoms with Crippen LogP contribution in [0, 0.1) is 0 Å². The molecule has 2 aromatic carbocycles. The fourth-order valence-electron chi connectivity index (χ4n) is 1.81. The number of benzene rings is 2. The highest BCUT2D eigenvalue weighted by Gasteiger charge is 2.29. The van der Waals surface area contributed by atoms with Gasteiger partial charge in [0.2, 0.25) is 0 Å². The molecule has 0 bridgehead atoms. The monoisotopic (exact) mass is 283 g/mol. The van der Waals surface area contributed by atoms with Crippen LogP contribution in [-0.2, 0) is 11.3 Å². The number of fused-ring (bicyclic) bond motifs is 1. The Morgan fingerprint density at radius 1 is 1.10 bits per heavy atom. The third-order valence-electron chi connectivity index (χ3n) is 2.67. The fourth-order valence-corrected chi connectivity index (χ4v) is 1.81. The third kappa shape index (κ3) is 3.88. The van der Waals surface area contributed by atoms with Gasteiger partial charge in [-0.2, -0.15) is 13.2 Å². The van der Waals surface area contributed by atoms with Crippen molar-refractivity contribution in [3.63, 3.8) is 0 Å². The molecule has 6 heteroatoms. The minimum absolute atomic E-state index is 0.109. The van der Waals surface area contributed by atoms with Crippen LogP contribution < -0.4 is 5.32 Å². The molecule has 1 amide bonds. The Kier molecular flexibility index (Phi) is 4.12. The third-order valence-corrected chi connectivity index (χ3v) is 2.67. The van der Waals surface area contributed by atoms with E-state index in [-0.39, 0.29) is 6.54 Å². The first-order valence-corrected chi connectivity index (χ1v) is 5.90. The van der Waals surface area contributed by atoms with E-state index in [2.05, 4.69) is 10.1 Å². The topological polar surface area (TPSA) is 38.3 Å². The second-order valence-corrected chi connectivity index (χ2v) is 4.18. The van der Waals surface area contributed by atoms with Gasteiger partial charge in [0.15, 0.2) is 6.61 Å². The minimum Gasteiger partial charge on any atom is -0.440 e. The molecule has 0 radical (unpaired) electrons. The molecule has 3 nitrogen and oxygen atoms in total. The van der Waals surface area contributed by atoms with Crippen LogP contribution in [0.4, 0.5) is 18.0 Å². The van der Waals surface area contributed by atoms with Crippen molar-refractivity contribution >= 4 is 16.9 Å². The summed E-state index contributed by atoms with van der Waals surface area (Å²) in [5.41, 5.74) is 0.812. The van der Waals surface area contributed by atoms with E-state index in [4.69, 9.17) is 0 Å². The van der Waals surface area contributed by atoms with E-state index in [0.717, 1.165) is 16.3 Å². The Bertz CT molecular complexity index is 605. The van der Waals surface area contributed by atoms with Crippen molar-refractivity contribution in [2.24, 2.45) is 0 Å². The van der Waals surface area contributed by atoms with Crippen LogP contribution in [0.25, 0.3) is 10.8 Å². The zero-order chi connectivity index (χ0) is 14.6. The van der Waals surface area contributed by atoms with Gasteiger partial charge in [-0.05, 0) is 16.3 Å². The fraction of sp³-hybridized carbons (Fsp3) is 0.214. The first-order valence-electron chi connectivity index (χ1n) is 5.90. The molecule has 0 aliphatic heterocycles.